The van der Waals surface area contributed by atoms with Crippen LogP contribution in [0.15, 0.2) is 0 Å². The molecule has 0 amide bonds. The molecule has 0 heterocycles. The fourth-order valence-electron chi connectivity index (χ4n) is 1.43. The summed E-state index contributed by atoms with van der Waals surface area (Å²) in [5, 5.41) is 0. The molecule has 1 aliphatic rings. The summed E-state index contributed by atoms with van der Waals surface area (Å²) in [5.74, 6) is 0.685. The largest absolute Gasteiger partial charge is 0.383 e. The van der Waals surface area contributed by atoms with Gasteiger partial charge in [-0.05, 0) is 18.8 Å². The van der Waals surface area contributed by atoms with Crippen LogP contribution in [0.4, 0.5) is 0 Å². The first kappa shape index (κ1) is 8.97. The molecule has 0 aromatic rings. The molecule has 0 aliphatic heterocycles. The van der Waals surface area contributed by atoms with Crippen LogP contribution >= 0.6 is 0 Å². The van der Waals surface area contributed by atoms with Crippen molar-refractivity contribution >= 4 is 0 Å². The van der Waals surface area contributed by atoms with Crippen molar-refractivity contribution in [3.8, 4) is 0 Å². The minimum atomic E-state index is 0.0394. The van der Waals surface area contributed by atoms with Gasteiger partial charge >= 0.3 is 0 Å². The molecule has 0 saturated heterocycles. The Bertz CT molecular complexity index is 115. The van der Waals surface area contributed by atoms with Crippen molar-refractivity contribution in [3.63, 3.8) is 0 Å². The van der Waals surface area contributed by atoms with Gasteiger partial charge in [0, 0.05) is 14.2 Å². The van der Waals surface area contributed by atoms with Crippen LogP contribution in [0, 0.1) is 5.92 Å². The van der Waals surface area contributed by atoms with Crippen molar-refractivity contribution in [1.29, 1.82) is 0 Å². The first-order chi connectivity index (χ1) is 5.29. The molecule has 1 fully saturated rings. The van der Waals surface area contributed by atoms with Gasteiger partial charge < -0.3 is 15.2 Å². The van der Waals surface area contributed by atoms with Crippen LogP contribution in [0.25, 0.3) is 0 Å². The summed E-state index contributed by atoms with van der Waals surface area (Å²) in [7, 11) is 3.39. The third-order valence-corrected chi connectivity index (χ3v) is 2.14. The quantitative estimate of drug-likeness (QED) is 0.631. The smallest absolute Gasteiger partial charge is 0.0772 e. The van der Waals surface area contributed by atoms with Gasteiger partial charge in [0.15, 0.2) is 0 Å². The van der Waals surface area contributed by atoms with Crippen molar-refractivity contribution in [1.82, 2.24) is 0 Å². The van der Waals surface area contributed by atoms with Gasteiger partial charge in [-0.25, -0.2) is 0 Å². The van der Waals surface area contributed by atoms with Gasteiger partial charge in [0.05, 0.1) is 18.8 Å². The number of rotatable bonds is 5. The lowest BCUT2D eigenvalue weighted by Crippen LogP contribution is -2.41. The van der Waals surface area contributed by atoms with E-state index in [-0.39, 0.29) is 12.1 Å². The van der Waals surface area contributed by atoms with Gasteiger partial charge in [-0.3, -0.25) is 0 Å². The number of hydrogen-bond donors (Lipinski definition) is 1. The predicted octanol–water partition coefficient (Wildman–Crippen LogP) is 0.385. The minimum absolute atomic E-state index is 0.0394. The van der Waals surface area contributed by atoms with E-state index in [2.05, 4.69) is 0 Å². The third-order valence-electron chi connectivity index (χ3n) is 2.14. The van der Waals surface area contributed by atoms with Crippen molar-refractivity contribution in [2.45, 2.75) is 25.0 Å². The van der Waals surface area contributed by atoms with E-state index in [1.54, 1.807) is 14.2 Å². The zero-order chi connectivity index (χ0) is 8.27. The molecule has 1 rings (SSSR count). The highest BCUT2D eigenvalue weighted by molar-refractivity contribution is 4.88. The second-order valence-corrected chi connectivity index (χ2v) is 3.16. The summed E-state index contributed by atoms with van der Waals surface area (Å²) in [6.45, 7) is 0.592. The molecule has 66 valence electrons. The molecule has 0 spiro atoms. The standard InChI is InChI=1S/C8H17NO2/c1-10-5-7(9)8(11-2)6-3-4-6/h6-8H,3-5,9H2,1-2H3. The Morgan fingerprint density at radius 2 is 2.09 bits per heavy atom. The number of hydrogen-bond acceptors (Lipinski definition) is 3. The van der Waals surface area contributed by atoms with Crippen LogP contribution in [0.1, 0.15) is 12.8 Å². The molecular weight excluding hydrogens is 142 g/mol. The summed E-state index contributed by atoms with van der Waals surface area (Å²) in [5.41, 5.74) is 5.83. The van der Waals surface area contributed by atoms with Crippen molar-refractivity contribution in [2.24, 2.45) is 11.7 Å². The average molecular weight is 159 g/mol. The first-order valence-corrected chi connectivity index (χ1v) is 4.07. The van der Waals surface area contributed by atoms with E-state index in [1.807, 2.05) is 0 Å². The summed E-state index contributed by atoms with van der Waals surface area (Å²) < 4.78 is 10.2. The predicted molar refractivity (Wildman–Crippen MR) is 43.4 cm³/mol. The normalized spacial score (nSPS) is 23.2. The van der Waals surface area contributed by atoms with E-state index in [9.17, 15) is 0 Å². The number of nitrogens with two attached hydrogens (primary N) is 1. The van der Waals surface area contributed by atoms with E-state index in [1.165, 1.54) is 12.8 Å². The van der Waals surface area contributed by atoms with Crippen LogP contribution in [0.2, 0.25) is 0 Å². The lowest BCUT2D eigenvalue weighted by atomic mass is 10.1. The second-order valence-electron chi connectivity index (χ2n) is 3.16. The first-order valence-electron chi connectivity index (χ1n) is 4.07. The summed E-state index contributed by atoms with van der Waals surface area (Å²) >= 11 is 0. The Morgan fingerprint density at radius 1 is 1.45 bits per heavy atom. The molecule has 11 heavy (non-hydrogen) atoms. The Balaban J connectivity index is 2.27. The Labute approximate surface area is 67.9 Å². The molecule has 2 unspecified atom stereocenters. The van der Waals surface area contributed by atoms with Crippen LogP contribution in [-0.4, -0.2) is 33.0 Å². The van der Waals surface area contributed by atoms with Gasteiger partial charge in [-0.2, -0.15) is 0 Å². The van der Waals surface area contributed by atoms with Gasteiger partial charge in [-0.15, -0.1) is 0 Å². The lowest BCUT2D eigenvalue weighted by Gasteiger charge is -2.21. The monoisotopic (exact) mass is 159 g/mol. The van der Waals surface area contributed by atoms with E-state index in [0.717, 1.165) is 0 Å². The zero-order valence-electron chi connectivity index (χ0n) is 7.25. The highest BCUT2D eigenvalue weighted by Gasteiger charge is 2.35. The maximum atomic E-state index is 5.83. The summed E-state index contributed by atoms with van der Waals surface area (Å²) in [6.07, 6.45) is 2.72. The fourth-order valence-corrected chi connectivity index (χ4v) is 1.43. The molecule has 0 aromatic heterocycles. The molecule has 3 heteroatoms. The van der Waals surface area contributed by atoms with Crippen molar-refractivity contribution in [3.05, 3.63) is 0 Å². The molecule has 2 N–H and O–H groups in total. The average Bonchev–Trinajstić information content (AvgIpc) is 2.73. The van der Waals surface area contributed by atoms with Crippen LogP contribution < -0.4 is 5.73 Å². The van der Waals surface area contributed by atoms with Gasteiger partial charge in [0.2, 0.25) is 0 Å². The van der Waals surface area contributed by atoms with Gasteiger partial charge in [0.25, 0.3) is 0 Å². The Morgan fingerprint density at radius 3 is 2.45 bits per heavy atom. The maximum Gasteiger partial charge on any atom is 0.0772 e. The lowest BCUT2D eigenvalue weighted by molar-refractivity contribution is 0.0341. The highest BCUT2D eigenvalue weighted by Crippen LogP contribution is 2.35. The van der Waals surface area contributed by atoms with E-state index in [0.29, 0.717) is 12.5 Å². The Kier molecular flexibility index (Phi) is 3.30. The van der Waals surface area contributed by atoms with Crippen molar-refractivity contribution in [2.75, 3.05) is 20.8 Å². The molecule has 3 nitrogen and oxygen atoms in total. The zero-order valence-corrected chi connectivity index (χ0v) is 7.25. The fraction of sp³-hybridized carbons (Fsp3) is 1.00. The molecule has 0 bridgehead atoms. The van der Waals surface area contributed by atoms with Crippen LogP contribution in [-0.2, 0) is 9.47 Å². The highest BCUT2D eigenvalue weighted by atomic mass is 16.5. The minimum Gasteiger partial charge on any atom is -0.383 e. The Hall–Kier alpha value is -0.120. The molecule has 2 atom stereocenters. The van der Waals surface area contributed by atoms with Crippen LogP contribution in [0.3, 0.4) is 0 Å². The SMILES string of the molecule is COCC(N)C(OC)C1CC1. The van der Waals surface area contributed by atoms with E-state index >= 15 is 0 Å². The maximum absolute atomic E-state index is 5.83. The molecular formula is C8H17NO2. The molecule has 0 radical (unpaired) electrons. The summed E-state index contributed by atoms with van der Waals surface area (Å²) in [4.78, 5) is 0. The van der Waals surface area contributed by atoms with Gasteiger partial charge in [-0.1, -0.05) is 0 Å². The van der Waals surface area contributed by atoms with E-state index in [4.69, 9.17) is 15.2 Å². The number of methoxy groups -OCH3 is 2. The van der Waals surface area contributed by atoms with Crippen LogP contribution in [0.5, 0.6) is 0 Å². The summed E-state index contributed by atoms with van der Waals surface area (Å²) in [6, 6.07) is 0.0394. The topological polar surface area (TPSA) is 44.5 Å². The third kappa shape index (κ3) is 2.43. The van der Waals surface area contributed by atoms with Gasteiger partial charge in [0.1, 0.15) is 0 Å². The molecule has 1 aliphatic carbocycles. The number of ether oxygens (including phenoxy) is 2. The second kappa shape index (κ2) is 4.04. The van der Waals surface area contributed by atoms with E-state index < -0.39 is 0 Å². The molecule has 1 saturated carbocycles. The molecule has 0 aromatic carbocycles. The van der Waals surface area contributed by atoms with Crippen molar-refractivity contribution < 1.29 is 9.47 Å².